The van der Waals surface area contributed by atoms with Crippen molar-refractivity contribution in [1.82, 2.24) is 4.98 Å². The van der Waals surface area contributed by atoms with Crippen LogP contribution in [0.4, 0.5) is 11.6 Å². The first-order chi connectivity index (χ1) is 6.57. The van der Waals surface area contributed by atoms with Crippen molar-refractivity contribution >= 4 is 11.6 Å². The van der Waals surface area contributed by atoms with Crippen LogP contribution in [0.15, 0.2) is 12.1 Å². The molecule has 14 heavy (non-hydrogen) atoms. The molecule has 1 aromatic rings. The number of nitrogens with one attached hydrogen (secondary N) is 1. The van der Waals surface area contributed by atoms with E-state index in [4.69, 9.17) is 10.5 Å². The third kappa shape index (κ3) is 1.73. The van der Waals surface area contributed by atoms with E-state index in [1.807, 2.05) is 6.07 Å². The number of anilines is 2. The van der Waals surface area contributed by atoms with E-state index < -0.39 is 0 Å². The molecule has 0 unspecified atom stereocenters. The molecule has 0 bridgehead atoms. The first kappa shape index (κ1) is 9.12. The first-order valence-electron chi connectivity index (χ1n) is 4.70. The summed E-state index contributed by atoms with van der Waals surface area (Å²) in [5.41, 5.74) is 5.71. The molecule has 4 heteroatoms. The fraction of sp³-hybridized carbons (Fsp3) is 0.500. The van der Waals surface area contributed by atoms with E-state index in [0.717, 1.165) is 18.1 Å². The smallest absolute Gasteiger partial charge is 0.170 e. The number of nitrogens with two attached hydrogens (primary N) is 1. The van der Waals surface area contributed by atoms with Crippen LogP contribution in [0.25, 0.3) is 0 Å². The van der Waals surface area contributed by atoms with Crippen LogP contribution in [0.5, 0.6) is 5.75 Å². The molecule has 76 valence electrons. The van der Waals surface area contributed by atoms with Gasteiger partial charge in [-0.25, -0.2) is 4.98 Å². The van der Waals surface area contributed by atoms with Crippen LogP contribution in [0.1, 0.15) is 13.8 Å². The maximum Gasteiger partial charge on any atom is 0.170 e. The minimum atomic E-state index is 0.120. The topological polar surface area (TPSA) is 60.2 Å². The Morgan fingerprint density at radius 3 is 3.07 bits per heavy atom. The van der Waals surface area contributed by atoms with Gasteiger partial charge in [-0.1, -0.05) is 13.8 Å². The number of pyridine rings is 1. The maximum absolute atomic E-state index is 5.64. The van der Waals surface area contributed by atoms with E-state index in [1.54, 1.807) is 6.07 Å². The van der Waals surface area contributed by atoms with Crippen molar-refractivity contribution in [3.63, 3.8) is 0 Å². The quantitative estimate of drug-likeness (QED) is 0.655. The van der Waals surface area contributed by atoms with E-state index in [-0.39, 0.29) is 5.41 Å². The molecule has 0 saturated heterocycles. The highest BCUT2D eigenvalue weighted by Crippen LogP contribution is 2.30. The Bertz CT molecular complexity index is 349. The Kier molecular flexibility index (Phi) is 1.98. The van der Waals surface area contributed by atoms with E-state index in [2.05, 4.69) is 24.1 Å². The number of hydrogen-bond donors (Lipinski definition) is 2. The molecule has 3 N–H and O–H groups in total. The summed E-state index contributed by atoms with van der Waals surface area (Å²) >= 11 is 0. The molecule has 0 saturated carbocycles. The Morgan fingerprint density at radius 1 is 1.50 bits per heavy atom. The van der Waals surface area contributed by atoms with Gasteiger partial charge in [0.2, 0.25) is 0 Å². The number of fused-ring (bicyclic) bond motifs is 1. The van der Waals surface area contributed by atoms with Gasteiger partial charge in [0.05, 0.1) is 6.61 Å². The lowest BCUT2D eigenvalue weighted by molar-refractivity contribution is 0.200. The number of rotatable bonds is 0. The monoisotopic (exact) mass is 193 g/mol. The van der Waals surface area contributed by atoms with Gasteiger partial charge >= 0.3 is 0 Å². The standard InChI is InChI=1S/C10H15N3O/c1-10(2)5-12-9-7(14-6-10)3-4-8(11)13-9/h3-4H,5-6H2,1-2H3,(H3,11,12,13). The van der Waals surface area contributed by atoms with E-state index in [9.17, 15) is 0 Å². The molecular weight excluding hydrogens is 178 g/mol. The van der Waals surface area contributed by atoms with Crippen LogP contribution >= 0.6 is 0 Å². The SMILES string of the molecule is CC1(C)CNc2nc(N)ccc2OC1. The lowest BCUT2D eigenvalue weighted by atomic mass is 9.95. The van der Waals surface area contributed by atoms with Crippen LogP contribution in [-0.2, 0) is 0 Å². The lowest BCUT2D eigenvalue weighted by Crippen LogP contribution is -2.27. The molecule has 0 aromatic carbocycles. The van der Waals surface area contributed by atoms with E-state index in [0.29, 0.717) is 12.4 Å². The zero-order valence-electron chi connectivity index (χ0n) is 8.50. The summed E-state index contributed by atoms with van der Waals surface area (Å²) in [5.74, 6) is 2.04. The normalized spacial score (nSPS) is 18.7. The Labute approximate surface area is 83.5 Å². The molecule has 0 atom stereocenters. The van der Waals surface area contributed by atoms with Crippen LogP contribution in [0.2, 0.25) is 0 Å². The van der Waals surface area contributed by atoms with Crippen LogP contribution in [-0.4, -0.2) is 18.1 Å². The zero-order valence-corrected chi connectivity index (χ0v) is 8.50. The first-order valence-corrected chi connectivity index (χ1v) is 4.70. The van der Waals surface area contributed by atoms with Gasteiger partial charge in [0.1, 0.15) is 5.82 Å². The summed E-state index contributed by atoms with van der Waals surface area (Å²) in [5, 5.41) is 3.24. The number of ether oxygens (including phenoxy) is 1. The molecule has 1 aliphatic rings. The molecule has 0 fully saturated rings. The number of aromatic nitrogens is 1. The maximum atomic E-state index is 5.64. The van der Waals surface area contributed by atoms with Crippen molar-refractivity contribution in [3.05, 3.63) is 12.1 Å². The predicted octanol–water partition coefficient (Wildman–Crippen LogP) is 1.49. The molecule has 2 heterocycles. The van der Waals surface area contributed by atoms with Crippen molar-refractivity contribution < 1.29 is 4.74 Å². The number of hydrogen-bond acceptors (Lipinski definition) is 4. The second-order valence-corrected chi connectivity index (χ2v) is 4.39. The van der Waals surface area contributed by atoms with Gasteiger partial charge in [-0.05, 0) is 12.1 Å². The van der Waals surface area contributed by atoms with Crippen LogP contribution in [0, 0.1) is 5.41 Å². The Balaban J connectivity index is 2.30. The molecule has 4 nitrogen and oxygen atoms in total. The van der Waals surface area contributed by atoms with E-state index in [1.165, 1.54) is 0 Å². The Morgan fingerprint density at radius 2 is 2.29 bits per heavy atom. The van der Waals surface area contributed by atoms with Crippen molar-refractivity contribution in [2.24, 2.45) is 5.41 Å². The highest BCUT2D eigenvalue weighted by molar-refractivity contribution is 5.55. The zero-order chi connectivity index (χ0) is 10.2. The third-order valence-electron chi connectivity index (χ3n) is 2.23. The lowest BCUT2D eigenvalue weighted by Gasteiger charge is -2.20. The number of nitrogens with zero attached hydrogens (tertiary/aromatic N) is 1. The van der Waals surface area contributed by atoms with Crippen molar-refractivity contribution in [2.45, 2.75) is 13.8 Å². The second kappa shape index (κ2) is 3.04. The fourth-order valence-electron chi connectivity index (χ4n) is 1.35. The van der Waals surface area contributed by atoms with Gasteiger partial charge in [-0.3, -0.25) is 0 Å². The summed E-state index contributed by atoms with van der Waals surface area (Å²) in [7, 11) is 0. The Hall–Kier alpha value is -1.45. The average Bonchev–Trinajstić information content (AvgIpc) is 2.26. The minimum Gasteiger partial charge on any atom is -0.489 e. The molecule has 2 rings (SSSR count). The predicted molar refractivity (Wildman–Crippen MR) is 56.4 cm³/mol. The molecule has 0 amide bonds. The molecule has 0 radical (unpaired) electrons. The van der Waals surface area contributed by atoms with Crippen LogP contribution in [0.3, 0.4) is 0 Å². The van der Waals surface area contributed by atoms with Crippen molar-refractivity contribution in [3.8, 4) is 5.75 Å². The average molecular weight is 193 g/mol. The highest BCUT2D eigenvalue weighted by Gasteiger charge is 2.23. The largest absolute Gasteiger partial charge is 0.489 e. The van der Waals surface area contributed by atoms with Gasteiger partial charge in [0.15, 0.2) is 11.6 Å². The van der Waals surface area contributed by atoms with Crippen molar-refractivity contribution in [2.75, 3.05) is 24.2 Å². The summed E-state index contributed by atoms with van der Waals surface area (Å²) in [6, 6.07) is 3.60. The molecule has 0 spiro atoms. The number of nitrogen functional groups attached to an aromatic ring is 1. The van der Waals surface area contributed by atoms with Gasteiger partial charge < -0.3 is 15.8 Å². The summed E-state index contributed by atoms with van der Waals surface area (Å²) in [6.07, 6.45) is 0. The fourth-order valence-corrected chi connectivity index (χ4v) is 1.35. The van der Waals surface area contributed by atoms with Crippen molar-refractivity contribution in [1.29, 1.82) is 0 Å². The van der Waals surface area contributed by atoms with E-state index >= 15 is 0 Å². The molecule has 0 aliphatic carbocycles. The van der Waals surface area contributed by atoms with Gasteiger partial charge in [0, 0.05) is 12.0 Å². The molecular formula is C10H15N3O. The van der Waals surface area contributed by atoms with Gasteiger partial charge in [-0.2, -0.15) is 0 Å². The summed E-state index contributed by atoms with van der Waals surface area (Å²) in [6.45, 7) is 5.83. The highest BCUT2D eigenvalue weighted by atomic mass is 16.5. The molecule has 1 aliphatic heterocycles. The van der Waals surface area contributed by atoms with Gasteiger partial charge in [0.25, 0.3) is 0 Å². The summed E-state index contributed by atoms with van der Waals surface area (Å²) < 4.78 is 5.64. The third-order valence-corrected chi connectivity index (χ3v) is 2.23. The van der Waals surface area contributed by atoms with Gasteiger partial charge in [-0.15, -0.1) is 0 Å². The second-order valence-electron chi connectivity index (χ2n) is 4.39. The summed E-state index contributed by atoms with van der Waals surface area (Å²) in [4.78, 5) is 4.18. The minimum absolute atomic E-state index is 0.120. The molecule has 1 aromatic heterocycles. The van der Waals surface area contributed by atoms with Crippen LogP contribution < -0.4 is 15.8 Å².